The van der Waals surface area contributed by atoms with Crippen LogP contribution in [0.4, 0.5) is 4.79 Å². The zero-order valence-corrected chi connectivity index (χ0v) is 14.2. The average Bonchev–Trinajstić information content (AvgIpc) is 2.86. The summed E-state index contributed by atoms with van der Waals surface area (Å²) < 4.78 is 5.32. The summed E-state index contributed by atoms with van der Waals surface area (Å²) in [4.78, 5) is 28.8. The van der Waals surface area contributed by atoms with Crippen molar-refractivity contribution in [3.8, 4) is 0 Å². The molecule has 2 heterocycles. The average molecular weight is 339 g/mol. The van der Waals surface area contributed by atoms with Gasteiger partial charge in [-0.25, -0.2) is 9.69 Å². The van der Waals surface area contributed by atoms with Gasteiger partial charge in [0.25, 0.3) is 5.91 Å². The van der Waals surface area contributed by atoms with Gasteiger partial charge in [0.05, 0.1) is 19.9 Å². The van der Waals surface area contributed by atoms with Gasteiger partial charge in [-0.3, -0.25) is 9.69 Å². The third kappa shape index (κ3) is 2.77. The Hall–Kier alpha value is -2.44. The van der Waals surface area contributed by atoms with Crippen LogP contribution in [0.2, 0.25) is 0 Å². The SMILES string of the molecule is C[C@@]1(c2ccc3ccccc3c2)NC(=O)N(CN2CCOCC2)C1=O. The molecule has 2 aliphatic rings. The summed E-state index contributed by atoms with van der Waals surface area (Å²) in [5, 5.41) is 5.04. The van der Waals surface area contributed by atoms with Gasteiger partial charge >= 0.3 is 6.03 Å². The predicted molar refractivity (Wildman–Crippen MR) is 93.9 cm³/mol. The number of carbonyl (C=O) groups is 2. The Morgan fingerprint density at radius 3 is 2.56 bits per heavy atom. The van der Waals surface area contributed by atoms with Gasteiger partial charge in [-0.2, -0.15) is 0 Å². The normalized spacial score (nSPS) is 24.8. The molecule has 6 nitrogen and oxygen atoms in total. The number of nitrogens with zero attached hydrogens (tertiary/aromatic N) is 2. The molecule has 0 radical (unpaired) electrons. The van der Waals surface area contributed by atoms with Gasteiger partial charge in [-0.1, -0.05) is 36.4 Å². The van der Waals surface area contributed by atoms with E-state index in [4.69, 9.17) is 4.74 Å². The largest absolute Gasteiger partial charge is 0.379 e. The van der Waals surface area contributed by atoms with Gasteiger partial charge in [0.15, 0.2) is 0 Å². The minimum Gasteiger partial charge on any atom is -0.379 e. The Kier molecular flexibility index (Phi) is 3.94. The lowest BCUT2D eigenvalue weighted by atomic mass is 9.90. The van der Waals surface area contributed by atoms with E-state index in [1.807, 2.05) is 42.5 Å². The molecule has 2 aromatic rings. The van der Waals surface area contributed by atoms with E-state index in [0.29, 0.717) is 19.9 Å². The Labute approximate surface area is 146 Å². The highest BCUT2D eigenvalue weighted by Gasteiger charge is 2.49. The van der Waals surface area contributed by atoms with Crippen LogP contribution in [-0.2, 0) is 15.1 Å². The Balaban J connectivity index is 1.62. The number of nitrogens with one attached hydrogen (secondary N) is 1. The monoisotopic (exact) mass is 339 g/mol. The van der Waals surface area contributed by atoms with Gasteiger partial charge < -0.3 is 10.1 Å². The smallest absolute Gasteiger partial charge is 0.326 e. The summed E-state index contributed by atoms with van der Waals surface area (Å²) in [6.45, 7) is 4.79. The number of rotatable bonds is 3. The Morgan fingerprint density at radius 2 is 1.80 bits per heavy atom. The third-order valence-corrected chi connectivity index (χ3v) is 5.05. The molecule has 130 valence electrons. The molecule has 25 heavy (non-hydrogen) atoms. The Bertz CT molecular complexity index is 832. The van der Waals surface area contributed by atoms with E-state index in [9.17, 15) is 9.59 Å². The van der Waals surface area contributed by atoms with Crippen molar-refractivity contribution in [3.63, 3.8) is 0 Å². The van der Waals surface area contributed by atoms with Crippen molar-refractivity contribution < 1.29 is 14.3 Å². The molecule has 0 aromatic heterocycles. The van der Waals surface area contributed by atoms with Crippen molar-refractivity contribution in [2.75, 3.05) is 33.0 Å². The number of morpholine rings is 1. The van der Waals surface area contributed by atoms with Crippen molar-refractivity contribution in [2.45, 2.75) is 12.5 Å². The minimum atomic E-state index is -1.03. The number of fused-ring (bicyclic) bond motifs is 1. The summed E-state index contributed by atoms with van der Waals surface area (Å²) >= 11 is 0. The number of imide groups is 1. The summed E-state index contributed by atoms with van der Waals surface area (Å²) in [6, 6.07) is 13.5. The van der Waals surface area contributed by atoms with Crippen LogP contribution in [0.15, 0.2) is 42.5 Å². The fourth-order valence-electron chi connectivity index (χ4n) is 3.46. The maximum atomic E-state index is 13.0. The fraction of sp³-hybridized carbons (Fsp3) is 0.368. The van der Waals surface area contributed by atoms with Gasteiger partial charge in [0.2, 0.25) is 0 Å². The fourth-order valence-corrected chi connectivity index (χ4v) is 3.46. The second-order valence-corrected chi connectivity index (χ2v) is 6.72. The highest BCUT2D eigenvalue weighted by Crippen LogP contribution is 2.31. The van der Waals surface area contributed by atoms with E-state index in [-0.39, 0.29) is 11.9 Å². The van der Waals surface area contributed by atoms with Crippen LogP contribution in [0.5, 0.6) is 0 Å². The maximum Gasteiger partial charge on any atom is 0.326 e. The van der Waals surface area contributed by atoms with Crippen LogP contribution in [0.1, 0.15) is 12.5 Å². The number of urea groups is 1. The number of amides is 3. The van der Waals surface area contributed by atoms with Gasteiger partial charge in [0.1, 0.15) is 5.54 Å². The summed E-state index contributed by atoms with van der Waals surface area (Å²) in [6.07, 6.45) is 0. The molecule has 2 fully saturated rings. The van der Waals surface area contributed by atoms with Crippen LogP contribution in [0, 0.1) is 0 Å². The quantitative estimate of drug-likeness (QED) is 0.868. The summed E-state index contributed by atoms with van der Waals surface area (Å²) in [5.74, 6) is -0.209. The molecule has 2 saturated heterocycles. The number of benzene rings is 2. The molecular weight excluding hydrogens is 318 g/mol. The molecule has 4 rings (SSSR count). The van der Waals surface area contributed by atoms with Crippen LogP contribution in [0.3, 0.4) is 0 Å². The van der Waals surface area contributed by atoms with Crippen LogP contribution < -0.4 is 5.32 Å². The number of hydrogen-bond donors (Lipinski definition) is 1. The predicted octanol–water partition coefficient (Wildman–Crippen LogP) is 1.90. The van der Waals surface area contributed by atoms with Crippen molar-refractivity contribution in [1.82, 2.24) is 15.1 Å². The zero-order chi connectivity index (χ0) is 17.4. The van der Waals surface area contributed by atoms with E-state index < -0.39 is 5.54 Å². The highest BCUT2D eigenvalue weighted by atomic mass is 16.5. The first-order chi connectivity index (χ1) is 12.1. The lowest BCUT2D eigenvalue weighted by molar-refractivity contribution is -0.133. The molecule has 0 unspecified atom stereocenters. The second kappa shape index (κ2) is 6.13. The van der Waals surface area contributed by atoms with Crippen molar-refractivity contribution in [1.29, 1.82) is 0 Å². The first kappa shape index (κ1) is 16.1. The molecule has 1 atom stereocenters. The van der Waals surface area contributed by atoms with Crippen LogP contribution in [-0.4, -0.2) is 54.7 Å². The lowest BCUT2D eigenvalue weighted by Gasteiger charge is -2.30. The molecule has 0 aliphatic carbocycles. The summed E-state index contributed by atoms with van der Waals surface area (Å²) in [7, 11) is 0. The van der Waals surface area contributed by atoms with Crippen LogP contribution in [0.25, 0.3) is 10.8 Å². The topological polar surface area (TPSA) is 61.9 Å². The van der Waals surface area contributed by atoms with Crippen molar-refractivity contribution in [2.24, 2.45) is 0 Å². The number of hydrogen-bond acceptors (Lipinski definition) is 4. The Morgan fingerprint density at radius 1 is 1.08 bits per heavy atom. The van der Waals surface area contributed by atoms with Crippen LogP contribution >= 0.6 is 0 Å². The summed E-state index contributed by atoms with van der Waals surface area (Å²) in [5.41, 5.74) is -0.234. The highest BCUT2D eigenvalue weighted by molar-refractivity contribution is 6.07. The minimum absolute atomic E-state index is 0.209. The maximum absolute atomic E-state index is 13.0. The molecule has 2 aromatic carbocycles. The van der Waals surface area contributed by atoms with Crippen molar-refractivity contribution in [3.05, 3.63) is 48.0 Å². The van der Waals surface area contributed by atoms with Gasteiger partial charge in [0, 0.05) is 13.1 Å². The first-order valence-electron chi connectivity index (χ1n) is 8.51. The number of ether oxygens (including phenoxy) is 1. The first-order valence-corrected chi connectivity index (χ1v) is 8.51. The molecule has 0 spiro atoms. The van der Waals surface area contributed by atoms with Gasteiger partial charge in [-0.15, -0.1) is 0 Å². The van der Waals surface area contributed by atoms with E-state index in [2.05, 4.69) is 10.2 Å². The molecule has 6 heteroatoms. The zero-order valence-electron chi connectivity index (χ0n) is 14.2. The number of carbonyl (C=O) groups excluding carboxylic acids is 2. The molecule has 0 saturated carbocycles. The molecular formula is C19H21N3O3. The van der Waals surface area contributed by atoms with E-state index >= 15 is 0 Å². The van der Waals surface area contributed by atoms with Crippen molar-refractivity contribution >= 4 is 22.7 Å². The molecule has 3 amide bonds. The lowest BCUT2D eigenvalue weighted by Crippen LogP contribution is -2.47. The molecule has 1 N–H and O–H groups in total. The third-order valence-electron chi connectivity index (χ3n) is 5.05. The van der Waals surface area contributed by atoms with E-state index in [0.717, 1.165) is 29.4 Å². The van der Waals surface area contributed by atoms with E-state index in [1.54, 1.807) is 6.92 Å². The molecule has 0 bridgehead atoms. The van der Waals surface area contributed by atoms with E-state index in [1.165, 1.54) is 4.90 Å². The van der Waals surface area contributed by atoms with Gasteiger partial charge in [-0.05, 0) is 29.3 Å². The molecule has 2 aliphatic heterocycles. The second-order valence-electron chi connectivity index (χ2n) is 6.72. The standard InChI is InChI=1S/C19H21N3O3/c1-19(16-7-6-14-4-2-3-5-15(14)12-16)17(23)22(18(24)20-19)13-21-8-10-25-11-9-21/h2-7,12H,8-11,13H2,1H3,(H,20,24)/t19-/m0/s1.